The van der Waals surface area contributed by atoms with Crippen molar-refractivity contribution < 1.29 is 9.59 Å². The first kappa shape index (κ1) is 17.4. The van der Waals surface area contributed by atoms with Crippen LogP contribution in [0.3, 0.4) is 0 Å². The molecule has 1 aliphatic carbocycles. The average molecular weight is 333 g/mol. The number of thiocarbonyl (C=S) groups is 1. The van der Waals surface area contributed by atoms with Crippen molar-refractivity contribution in [1.82, 2.24) is 16.2 Å². The number of aryl methyl sites for hydroxylation is 1. The van der Waals surface area contributed by atoms with Gasteiger partial charge in [-0.3, -0.25) is 20.4 Å². The Morgan fingerprint density at radius 2 is 1.83 bits per heavy atom. The minimum Gasteiger partial charge on any atom is -0.302 e. The van der Waals surface area contributed by atoms with Gasteiger partial charge in [0.25, 0.3) is 0 Å². The van der Waals surface area contributed by atoms with E-state index in [1.165, 1.54) is 6.42 Å². The number of rotatable bonds is 3. The number of carbonyl (C=O) groups excluding carboxylic acids is 2. The lowest BCUT2D eigenvalue weighted by molar-refractivity contribution is -0.126. The lowest BCUT2D eigenvalue weighted by atomic mass is 9.89. The summed E-state index contributed by atoms with van der Waals surface area (Å²) < 4.78 is 0. The van der Waals surface area contributed by atoms with E-state index in [4.69, 9.17) is 12.2 Å². The molecule has 0 heterocycles. The van der Waals surface area contributed by atoms with Crippen LogP contribution in [0, 0.1) is 12.8 Å². The second-order valence-corrected chi connectivity index (χ2v) is 6.34. The molecule has 124 valence electrons. The monoisotopic (exact) mass is 333 g/mol. The molecular formula is C17H23N3O2S. The molecule has 3 N–H and O–H groups in total. The molecule has 0 unspecified atom stereocenters. The molecule has 1 fully saturated rings. The van der Waals surface area contributed by atoms with Crippen LogP contribution in [0.25, 0.3) is 0 Å². The number of amides is 2. The van der Waals surface area contributed by atoms with E-state index < -0.39 is 0 Å². The summed E-state index contributed by atoms with van der Waals surface area (Å²) in [5.41, 5.74) is 7.22. The van der Waals surface area contributed by atoms with Crippen molar-refractivity contribution in [3.05, 3.63) is 35.4 Å². The first-order valence-electron chi connectivity index (χ1n) is 8.00. The van der Waals surface area contributed by atoms with Gasteiger partial charge >= 0.3 is 0 Å². The van der Waals surface area contributed by atoms with E-state index in [0.29, 0.717) is 0 Å². The van der Waals surface area contributed by atoms with Crippen LogP contribution < -0.4 is 16.2 Å². The normalized spacial score (nSPS) is 14.8. The molecule has 0 aliphatic heterocycles. The molecule has 1 aliphatic rings. The second kappa shape index (κ2) is 8.62. The highest BCUT2D eigenvalue weighted by atomic mass is 32.1. The van der Waals surface area contributed by atoms with Crippen LogP contribution in [0.15, 0.2) is 24.3 Å². The van der Waals surface area contributed by atoms with E-state index in [0.717, 1.165) is 36.8 Å². The number of nitrogens with one attached hydrogen (secondary N) is 3. The van der Waals surface area contributed by atoms with E-state index in [1.54, 1.807) is 0 Å². The zero-order valence-corrected chi connectivity index (χ0v) is 14.2. The van der Waals surface area contributed by atoms with E-state index in [-0.39, 0.29) is 29.3 Å². The molecule has 0 spiro atoms. The molecular weight excluding hydrogens is 310 g/mol. The Kier molecular flexibility index (Phi) is 6.52. The molecule has 0 bridgehead atoms. The summed E-state index contributed by atoms with van der Waals surface area (Å²) in [6, 6.07) is 7.71. The molecule has 6 heteroatoms. The van der Waals surface area contributed by atoms with Crippen LogP contribution in [0.5, 0.6) is 0 Å². The number of hydrazine groups is 1. The van der Waals surface area contributed by atoms with Crippen LogP contribution in [0.1, 0.15) is 43.2 Å². The Morgan fingerprint density at radius 1 is 1.13 bits per heavy atom. The predicted molar refractivity (Wildman–Crippen MR) is 93.5 cm³/mol. The molecule has 0 atom stereocenters. The van der Waals surface area contributed by atoms with Gasteiger partial charge in [-0.15, -0.1) is 0 Å². The summed E-state index contributed by atoms with van der Waals surface area (Å²) in [6.07, 6.45) is 5.47. The van der Waals surface area contributed by atoms with Gasteiger partial charge < -0.3 is 5.32 Å². The van der Waals surface area contributed by atoms with Crippen molar-refractivity contribution in [2.75, 3.05) is 0 Å². The summed E-state index contributed by atoms with van der Waals surface area (Å²) in [7, 11) is 0. The largest absolute Gasteiger partial charge is 0.302 e. The summed E-state index contributed by atoms with van der Waals surface area (Å²) in [4.78, 5) is 23.9. The minimum atomic E-state index is -0.205. The third-order valence-corrected chi connectivity index (χ3v) is 4.34. The van der Waals surface area contributed by atoms with Gasteiger partial charge in [-0.25, -0.2) is 0 Å². The van der Waals surface area contributed by atoms with Crippen LogP contribution in [-0.4, -0.2) is 16.9 Å². The van der Waals surface area contributed by atoms with Crippen LogP contribution in [-0.2, 0) is 16.0 Å². The standard InChI is InChI=1S/C17H23N3O2S/c1-12-7-5-6-10-14(12)11-15(21)18-17(23)20-19-16(22)13-8-3-2-4-9-13/h5-7,10,13H,2-4,8-9,11H2,1H3,(H,19,22)(H2,18,20,21,23). The van der Waals surface area contributed by atoms with Crippen LogP contribution in [0.4, 0.5) is 0 Å². The SMILES string of the molecule is Cc1ccccc1CC(=O)NC(=S)NNC(=O)C1CCCCC1. The first-order valence-corrected chi connectivity index (χ1v) is 8.41. The van der Waals surface area contributed by atoms with E-state index >= 15 is 0 Å². The second-order valence-electron chi connectivity index (χ2n) is 5.93. The third kappa shape index (κ3) is 5.63. The molecule has 5 nitrogen and oxygen atoms in total. The number of benzene rings is 1. The van der Waals surface area contributed by atoms with E-state index in [9.17, 15) is 9.59 Å². The van der Waals surface area contributed by atoms with Gasteiger partial charge in [0.15, 0.2) is 5.11 Å². The maximum atomic E-state index is 12.0. The van der Waals surface area contributed by atoms with Crippen LogP contribution in [0.2, 0.25) is 0 Å². The maximum Gasteiger partial charge on any atom is 0.241 e. The summed E-state index contributed by atoms with van der Waals surface area (Å²) in [5, 5.41) is 2.70. The Morgan fingerprint density at radius 3 is 2.52 bits per heavy atom. The Labute approximate surface area is 142 Å². The zero-order chi connectivity index (χ0) is 16.7. The van der Waals surface area contributed by atoms with Gasteiger partial charge in [0.2, 0.25) is 11.8 Å². The van der Waals surface area contributed by atoms with Gasteiger partial charge in [-0.05, 0) is 43.1 Å². The highest BCUT2D eigenvalue weighted by Gasteiger charge is 2.21. The summed E-state index contributed by atoms with van der Waals surface area (Å²) in [6.45, 7) is 1.96. The fourth-order valence-corrected chi connectivity index (χ4v) is 2.93. The molecule has 0 aromatic heterocycles. The van der Waals surface area contributed by atoms with E-state index in [2.05, 4.69) is 16.2 Å². The molecule has 0 radical (unpaired) electrons. The average Bonchev–Trinajstić information content (AvgIpc) is 2.55. The highest BCUT2D eigenvalue weighted by Crippen LogP contribution is 2.23. The van der Waals surface area contributed by atoms with Gasteiger partial charge in [0.1, 0.15) is 0 Å². The molecule has 2 rings (SSSR count). The van der Waals surface area contributed by atoms with Crippen molar-refractivity contribution >= 4 is 29.1 Å². The van der Waals surface area contributed by atoms with Crippen molar-refractivity contribution in [2.24, 2.45) is 5.92 Å². The minimum absolute atomic E-state index is 0.0433. The number of hydrogen-bond donors (Lipinski definition) is 3. The fraction of sp³-hybridized carbons (Fsp3) is 0.471. The molecule has 0 saturated heterocycles. The lowest BCUT2D eigenvalue weighted by Gasteiger charge is -2.21. The van der Waals surface area contributed by atoms with Gasteiger partial charge in [0, 0.05) is 5.92 Å². The van der Waals surface area contributed by atoms with Crippen LogP contribution >= 0.6 is 12.2 Å². The van der Waals surface area contributed by atoms with Gasteiger partial charge in [-0.1, -0.05) is 43.5 Å². The third-order valence-electron chi connectivity index (χ3n) is 4.14. The topological polar surface area (TPSA) is 70.2 Å². The zero-order valence-electron chi connectivity index (χ0n) is 13.4. The summed E-state index contributed by atoms with van der Waals surface area (Å²) in [5.74, 6) is -0.217. The van der Waals surface area contributed by atoms with Crippen molar-refractivity contribution in [3.8, 4) is 0 Å². The Balaban J connectivity index is 1.72. The number of carbonyl (C=O) groups is 2. The predicted octanol–water partition coefficient (Wildman–Crippen LogP) is 2.14. The quantitative estimate of drug-likeness (QED) is 0.585. The molecule has 1 aromatic carbocycles. The van der Waals surface area contributed by atoms with Gasteiger partial charge in [0.05, 0.1) is 6.42 Å². The summed E-state index contributed by atoms with van der Waals surface area (Å²) >= 11 is 5.04. The maximum absolute atomic E-state index is 12.0. The Bertz CT molecular complexity index is 583. The molecule has 2 amide bonds. The molecule has 1 aromatic rings. The number of hydrogen-bond acceptors (Lipinski definition) is 3. The smallest absolute Gasteiger partial charge is 0.241 e. The highest BCUT2D eigenvalue weighted by molar-refractivity contribution is 7.80. The Hall–Kier alpha value is -1.95. The molecule has 1 saturated carbocycles. The van der Waals surface area contributed by atoms with Crippen molar-refractivity contribution in [1.29, 1.82) is 0 Å². The molecule has 23 heavy (non-hydrogen) atoms. The fourth-order valence-electron chi connectivity index (χ4n) is 2.77. The van der Waals surface area contributed by atoms with Crippen molar-refractivity contribution in [3.63, 3.8) is 0 Å². The van der Waals surface area contributed by atoms with Crippen molar-refractivity contribution in [2.45, 2.75) is 45.4 Å². The first-order chi connectivity index (χ1) is 11.1. The van der Waals surface area contributed by atoms with Gasteiger partial charge in [-0.2, -0.15) is 0 Å². The lowest BCUT2D eigenvalue weighted by Crippen LogP contribution is -2.50. The van der Waals surface area contributed by atoms with E-state index in [1.807, 2.05) is 31.2 Å².